The van der Waals surface area contributed by atoms with Gasteiger partial charge in [0, 0.05) is 7.05 Å². The lowest BCUT2D eigenvalue weighted by molar-refractivity contribution is -0.121. The maximum atomic E-state index is 12.9. The zero-order chi connectivity index (χ0) is 22.0. The molecule has 0 aromatic heterocycles. The standard InChI is InChI=1S/C25H30N2O2S/c1-8-29-22-12-18(6)19(13-21(22)15(2)3)14-23-24(28)27(7)25(30-23)26-20-10-9-16(4)17(5)11-20/h9-15H,8H2,1-7H3/b23-14-,26-25?. The van der Waals surface area contributed by atoms with E-state index in [2.05, 4.69) is 58.9 Å². The van der Waals surface area contributed by atoms with Crippen LogP contribution in [0, 0.1) is 20.8 Å². The Kier molecular flexibility index (Phi) is 6.71. The molecule has 0 saturated carbocycles. The summed E-state index contributed by atoms with van der Waals surface area (Å²) in [5, 5.41) is 0.696. The van der Waals surface area contributed by atoms with Crippen LogP contribution >= 0.6 is 11.8 Å². The second-order valence-corrected chi connectivity index (χ2v) is 8.98. The number of amidine groups is 1. The molecule has 5 heteroatoms. The Bertz CT molecular complexity index is 1040. The van der Waals surface area contributed by atoms with Crippen molar-refractivity contribution in [2.75, 3.05) is 13.7 Å². The summed E-state index contributed by atoms with van der Waals surface area (Å²) in [5.74, 6) is 1.23. The van der Waals surface area contributed by atoms with Gasteiger partial charge in [-0.2, -0.15) is 0 Å². The molecule has 1 aliphatic rings. The normalized spacial score (nSPS) is 16.9. The van der Waals surface area contributed by atoms with Gasteiger partial charge in [-0.3, -0.25) is 9.69 Å². The molecular weight excluding hydrogens is 392 g/mol. The molecule has 2 aromatic carbocycles. The zero-order valence-electron chi connectivity index (χ0n) is 18.9. The number of nitrogens with zero attached hydrogens (tertiary/aromatic N) is 2. The van der Waals surface area contributed by atoms with Crippen molar-refractivity contribution in [1.29, 1.82) is 0 Å². The number of aliphatic imine (C=N–C) groups is 1. The molecule has 158 valence electrons. The summed E-state index contributed by atoms with van der Waals surface area (Å²) < 4.78 is 5.82. The fraction of sp³-hybridized carbons (Fsp3) is 0.360. The highest BCUT2D eigenvalue weighted by molar-refractivity contribution is 8.18. The van der Waals surface area contributed by atoms with E-state index in [1.807, 2.05) is 19.1 Å². The van der Waals surface area contributed by atoms with E-state index < -0.39 is 0 Å². The molecule has 2 aromatic rings. The third-order valence-electron chi connectivity index (χ3n) is 5.33. The summed E-state index contributed by atoms with van der Waals surface area (Å²) in [6, 6.07) is 10.3. The Labute approximate surface area is 184 Å². The number of aryl methyl sites for hydroxylation is 3. The van der Waals surface area contributed by atoms with Gasteiger partial charge in [0.2, 0.25) is 0 Å². The predicted molar refractivity (Wildman–Crippen MR) is 128 cm³/mol. The van der Waals surface area contributed by atoms with Crippen molar-refractivity contribution >= 4 is 34.6 Å². The van der Waals surface area contributed by atoms with E-state index in [9.17, 15) is 4.79 Å². The van der Waals surface area contributed by atoms with Crippen LogP contribution in [0.25, 0.3) is 6.08 Å². The molecule has 1 heterocycles. The minimum atomic E-state index is -0.0260. The smallest absolute Gasteiger partial charge is 0.266 e. The monoisotopic (exact) mass is 422 g/mol. The summed E-state index contributed by atoms with van der Waals surface area (Å²) in [7, 11) is 1.78. The topological polar surface area (TPSA) is 41.9 Å². The van der Waals surface area contributed by atoms with E-state index in [1.165, 1.54) is 22.9 Å². The lowest BCUT2D eigenvalue weighted by Gasteiger charge is -2.16. The molecule has 1 saturated heterocycles. The van der Waals surface area contributed by atoms with E-state index in [4.69, 9.17) is 9.73 Å². The number of amides is 1. The Balaban J connectivity index is 1.96. The van der Waals surface area contributed by atoms with Crippen molar-refractivity contribution in [3.8, 4) is 5.75 Å². The van der Waals surface area contributed by atoms with Gasteiger partial charge in [-0.25, -0.2) is 4.99 Å². The minimum Gasteiger partial charge on any atom is -0.494 e. The molecule has 4 nitrogen and oxygen atoms in total. The molecule has 1 amide bonds. The van der Waals surface area contributed by atoms with Crippen molar-refractivity contribution in [1.82, 2.24) is 4.90 Å². The van der Waals surface area contributed by atoms with Crippen molar-refractivity contribution in [2.24, 2.45) is 4.99 Å². The van der Waals surface area contributed by atoms with Gasteiger partial charge >= 0.3 is 0 Å². The molecule has 0 N–H and O–H groups in total. The van der Waals surface area contributed by atoms with Crippen LogP contribution in [0.15, 0.2) is 40.2 Å². The van der Waals surface area contributed by atoms with Gasteiger partial charge in [0.15, 0.2) is 5.17 Å². The average molecular weight is 423 g/mol. The Morgan fingerprint density at radius 2 is 1.83 bits per heavy atom. The lowest BCUT2D eigenvalue weighted by Crippen LogP contribution is -2.23. The number of ether oxygens (including phenoxy) is 1. The maximum Gasteiger partial charge on any atom is 0.266 e. The zero-order valence-corrected chi connectivity index (χ0v) is 19.7. The highest BCUT2D eigenvalue weighted by atomic mass is 32.2. The highest BCUT2D eigenvalue weighted by Crippen LogP contribution is 2.36. The SMILES string of the molecule is CCOc1cc(C)c(/C=C2\SC(=Nc3ccc(C)c(C)c3)N(C)C2=O)cc1C(C)C. The predicted octanol–water partition coefficient (Wildman–Crippen LogP) is 6.37. The highest BCUT2D eigenvalue weighted by Gasteiger charge is 2.30. The van der Waals surface area contributed by atoms with Crippen LogP contribution in [0.4, 0.5) is 5.69 Å². The second-order valence-electron chi connectivity index (χ2n) is 7.97. The van der Waals surface area contributed by atoms with E-state index in [-0.39, 0.29) is 5.91 Å². The van der Waals surface area contributed by atoms with E-state index in [0.717, 1.165) is 28.1 Å². The molecule has 3 rings (SSSR count). The van der Waals surface area contributed by atoms with Gasteiger partial charge in [0.05, 0.1) is 17.2 Å². The lowest BCUT2D eigenvalue weighted by atomic mass is 9.96. The summed E-state index contributed by atoms with van der Waals surface area (Å²) in [6.45, 7) is 13.1. The molecule has 30 heavy (non-hydrogen) atoms. The number of rotatable bonds is 5. The molecule has 1 aliphatic heterocycles. The van der Waals surface area contributed by atoms with E-state index in [0.29, 0.717) is 22.6 Å². The van der Waals surface area contributed by atoms with Crippen LogP contribution < -0.4 is 4.74 Å². The molecule has 0 spiro atoms. The third kappa shape index (κ3) is 4.62. The van der Waals surface area contributed by atoms with Gasteiger partial charge in [-0.05, 0) is 104 Å². The summed E-state index contributed by atoms with van der Waals surface area (Å²) >= 11 is 1.42. The second kappa shape index (κ2) is 9.09. The number of likely N-dealkylation sites (N-methyl/N-ethyl adjacent to an activating group) is 1. The number of benzene rings is 2. The van der Waals surface area contributed by atoms with Gasteiger partial charge in [-0.15, -0.1) is 0 Å². The molecular formula is C25H30N2O2S. The number of hydrogen-bond acceptors (Lipinski definition) is 4. The number of carbonyl (C=O) groups excluding carboxylic acids is 1. The Morgan fingerprint density at radius 1 is 1.10 bits per heavy atom. The van der Waals surface area contributed by atoms with Crippen LogP contribution in [0.3, 0.4) is 0 Å². The summed E-state index contributed by atoms with van der Waals surface area (Å²) in [4.78, 5) is 19.9. The molecule has 0 radical (unpaired) electrons. The van der Waals surface area contributed by atoms with Gasteiger partial charge < -0.3 is 4.74 Å². The third-order valence-corrected chi connectivity index (χ3v) is 6.39. The van der Waals surface area contributed by atoms with Crippen LogP contribution in [0.5, 0.6) is 5.75 Å². The molecule has 0 aliphatic carbocycles. The molecule has 0 bridgehead atoms. The van der Waals surface area contributed by atoms with E-state index in [1.54, 1.807) is 11.9 Å². The van der Waals surface area contributed by atoms with Crippen molar-refractivity contribution in [3.63, 3.8) is 0 Å². The molecule has 0 unspecified atom stereocenters. The fourth-order valence-electron chi connectivity index (χ4n) is 3.30. The number of carbonyl (C=O) groups is 1. The van der Waals surface area contributed by atoms with Crippen molar-refractivity contribution in [2.45, 2.75) is 47.5 Å². The quantitative estimate of drug-likeness (QED) is 0.526. The van der Waals surface area contributed by atoms with Crippen LogP contribution in [-0.2, 0) is 4.79 Å². The first-order valence-electron chi connectivity index (χ1n) is 10.3. The first-order chi connectivity index (χ1) is 14.2. The van der Waals surface area contributed by atoms with Crippen LogP contribution in [0.1, 0.15) is 54.5 Å². The van der Waals surface area contributed by atoms with Crippen LogP contribution in [-0.4, -0.2) is 29.6 Å². The first kappa shape index (κ1) is 22.2. The minimum absolute atomic E-state index is 0.0260. The fourth-order valence-corrected chi connectivity index (χ4v) is 4.28. The first-order valence-corrected chi connectivity index (χ1v) is 11.1. The van der Waals surface area contributed by atoms with Crippen LogP contribution in [0.2, 0.25) is 0 Å². The number of thioether (sulfide) groups is 1. The molecule has 0 atom stereocenters. The molecule has 1 fully saturated rings. The largest absolute Gasteiger partial charge is 0.494 e. The Hall–Kier alpha value is -2.53. The van der Waals surface area contributed by atoms with Gasteiger partial charge in [0.25, 0.3) is 5.91 Å². The summed E-state index contributed by atoms with van der Waals surface area (Å²) in [5.41, 5.74) is 6.57. The van der Waals surface area contributed by atoms with Crippen molar-refractivity contribution < 1.29 is 9.53 Å². The summed E-state index contributed by atoms with van der Waals surface area (Å²) in [6.07, 6.45) is 1.98. The Morgan fingerprint density at radius 3 is 2.47 bits per heavy atom. The van der Waals surface area contributed by atoms with Crippen molar-refractivity contribution in [3.05, 3.63) is 63.1 Å². The van der Waals surface area contributed by atoms with Gasteiger partial charge in [-0.1, -0.05) is 19.9 Å². The van der Waals surface area contributed by atoms with Gasteiger partial charge in [0.1, 0.15) is 5.75 Å². The van der Waals surface area contributed by atoms with E-state index >= 15 is 0 Å². The number of hydrogen-bond donors (Lipinski definition) is 0. The maximum absolute atomic E-state index is 12.9. The average Bonchev–Trinajstić information content (AvgIpc) is 2.94.